The third-order valence-corrected chi connectivity index (χ3v) is 1.84. The second-order valence-electron chi connectivity index (χ2n) is 2.84. The van der Waals surface area contributed by atoms with Gasteiger partial charge in [-0.1, -0.05) is 0 Å². The van der Waals surface area contributed by atoms with E-state index in [2.05, 4.69) is 0 Å². The first-order chi connectivity index (χ1) is 7.10. The van der Waals surface area contributed by atoms with Crippen molar-refractivity contribution in [3.8, 4) is 11.5 Å². The van der Waals surface area contributed by atoms with Crippen LogP contribution in [0.5, 0.6) is 11.5 Å². The van der Waals surface area contributed by atoms with Gasteiger partial charge >= 0.3 is 7.12 Å². The molecule has 6 heteroatoms. The van der Waals surface area contributed by atoms with E-state index in [1.165, 1.54) is 13.2 Å². The zero-order valence-corrected chi connectivity index (χ0v) is 8.53. The van der Waals surface area contributed by atoms with Crippen molar-refractivity contribution in [2.24, 2.45) is 0 Å². The van der Waals surface area contributed by atoms with Gasteiger partial charge in [-0.15, -0.1) is 0 Å². The SMILES string of the molecule is CCOc1c(F)cc(B(O)O)cc1OC. The van der Waals surface area contributed by atoms with E-state index < -0.39 is 12.9 Å². The maximum Gasteiger partial charge on any atom is 0.488 e. The minimum absolute atomic E-state index is 0.0211. The fraction of sp³-hybridized carbons (Fsp3) is 0.333. The van der Waals surface area contributed by atoms with Crippen LogP contribution in [0.25, 0.3) is 0 Å². The first kappa shape index (κ1) is 11.8. The van der Waals surface area contributed by atoms with E-state index in [9.17, 15) is 4.39 Å². The molecule has 0 aromatic heterocycles. The molecule has 0 atom stereocenters. The van der Waals surface area contributed by atoms with E-state index in [0.29, 0.717) is 6.61 Å². The Labute approximate surface area is 87.4 Å². The molecule has 0 aliphatic heterocycles. The molecule has 0 heterocycles. The summed E-state index contributed by atoms with van der Waals surface area (Å²) in [6.45, 7) is 2.02. The summed E-state index contributed by atoms with van der Waals surface area (Å²) in [6.07, 6.45) is 0. The quantitative estimate of drug-likeness (QED) is 0.687. The molecule has 0 aliphatic carbocycles. The fourth-order valence-corrected chi connectivity index (χ4v) is 1.17. The summed E-state index contributed by atoms with van der Waals surface area (Å²) in [7, 11) is -0.380. The molecule has 0 bridgehead atoms. The van der Waals surface area contributed by atoms with Gasteiger partial charge in [0.25, 0.3) is 0 Å². The van der Waals surface area contributed by atoms with E-state index in [0.717, 1.165) is 6.07 Å². The molecular weight excluding hydrogens is 202 g/mol. The largest absolute Gasteiger partial charge is 0.493 e. The lowest BCUT2D eigenvalue weighted by molar-refractivity contribution is 0.295. The molecule has 15 heavy (non-hydrogen) atoms. The second kappa shape index (κ2) is 5.00. The second-order valence-corrected chi connectivity index (χ2v) is 2.84. The van der Waals surface area contributed by atoms with E-state index in [1.807, 2.05) is 0 Å². The van der Waals surface area contributed by atoms with Crippen LogP contribution in [-0.2, 0) is 0 Å². The smallest absolute Gasteiger partial charge is 0.488 e. The van der Waals surface area contributed by atoms with E-state index in [1.54, 1.807) is 6.92 Å². The van der Waals surface area contributed by atoms with Crippen molar-refractivity contribution in [2.75, 3.05) is 13.7 Å². The van der Waals surface area contributed by atoms with Gasteiger partial charge in [-0.25, -0.2) is 4.39 Å². The summed E-state index contributed by atoms with van der Waals surface area (Å²) in [5, 5.41) is 17.8. The zero-order valence-electron chi connectivity index (χ0n) is 8.53. The monoisotopic (exact) mass is 214 g/mol. The highest BCUT2D eigenvalue weighted by molar-refractivity contribution is 6.58. The Balaban J connectivity index is 3.18. The Morgan fingerprint density at radius 2 is 2.07 bits per heavy atom. The lowest BCUT2D eigenvalue weighted by Gasteiger charge is -2.11. The highest BCUT2D eigenvalue weighted by atomic mass is 19.1. The number of methoxy groups -OCH3 is 1. The van der Waals surface area contributed by atoms with Crippen molar-refractivity contribution in [1.82, 2.24) is 0 Å². The minimum atomic E-state index is -1.73. The number of rotatable bonds is 4. The van der Waals surface area contributed by atoms with Gasteiger partial charge in [0.05, 0.1) is 13.7 Å². The number of hydrogen-bond acceptors (Lipinski definition) is 4. The van der Waals surface area contributed by atoms with Gasteiger partial charge in [-0.3, -0.25) is 0 Å². The van der Waals surface area contributed by atoms with Crippen LogP contribution in [-0.4, -0.2) is 30.9 Å². The Hall–Kier alpha value is -1.27. The molecule has 1 aromatic rings. The summed E-state index contributed by atoms with van der Waals surface area (Å²) in [6, 6.07) is 2.32. The van der Waals surface area contributed by atoms with E-state index in [4.69, 9.17) is 19.5 Å². The molecule has 0 radical (unpaired) electrons. The molecule has 0 spiro atoms. The normalized spacial score (nSPS) is 9.93. The predicted octanol–water partition coefficient (Wildman–Crippen LogP) is -0.0872. The van der Waals surface area contributed by atoms with Gasteiger partial charge < -0.3 is 19.5 Å². The van der Waals surface area contributed by atoms with Crippen molar-refractivity contribution in [1.29, 1.82) is 0 Å². The minimum Gasteiger partial charge on any atom is -0.493 e. The van der Waals surface area contributed by atoms with Gasteiger partial charge in [0, 0.05) is 0 Å². The van der Waals surface area contributed by atoms with E-state index in [-0.39, 0.29) is 17.0 Å². The number of halogens is 1. The van der Waals surface area contributed by atoms with Crippen LogP contribution < -0.4 is 14.9 Å². The summed E-state index contributed by atoms with van der Waals surface area (Å²) in [4.78, 5) is 0. The average Bonchev–Trinajstić information content (AvgIpc) is 2.20. The maximum absolute atomic E-state index is 13.4. The first-order valence-corrected chi connectivity index (χ1v) is 4.46. The summed E-state index contributed by atoms with van der Waals surface area (Å²) >= 11 is 0. The Bertz CT molecular complexity index is 343. The summed E-state index contributed by atoms with van der Waals surface area (Å²) < 4.78 is 23.3. The number of hydrogen-bond donors (Lipinski definition) is 2. The molecule has 0 saturated heterocycles. The third kappa shape index (κ3) is 2.61. The molecule has 0 fully saturated rings. The molecule has 0 aliphatic rings. The molecular formula is C9H12BFO4. The zero-order chi connectivity index (χ0) is 11.4. The van der Waals surface area contributed by atoms with Crippen molar-refractivity contribution in [3.05, 3.63) is 17.9 Å². The lowest BCUT2D eigenvalue weighted by Crippen LogP contribution is -2.30. The van der Waals surface area contributed by atoms with Crippen molar-refractivity contribution >= 4 is 12.6 Å². The fourth-order valence-electron chi connectivity index (χ4n) is 1.17. The van der Waals surface area contributed by atoms with Crippen LogP contribution in [0.3, 0.4) is 0 Å². The van der Waals surface area contributed by atoms with Gasteiger partial charge in [-0.05, 0) is 24.5 Å². The average molecular weight is 214 g/mol. The topological polar surface area (TPSA) is 58.9 Å². The maximum atomic E-state index is 13.4. The van der Waals surface area contributed by atoms with Crippen LogP contribution in [0.15, 0.2) is 12.1 Å². The summed E-state index contributed by atoms with van der Waals surface area (Å²) in [5.74, 6) is -0.566. The lowest BCUT2D eigenvalue weighted by atomic mass is 9.80. The van der Waals surface area contributed by atoms with Gasteiger partial charge in [0.15, 0.2) is 17.3 Å². The van der Waals surface area contributed by atoms with Crippen LogP contribution in [0.1, 0.15) is 6.92 Å². The standard InChI is InChI=1S/C9H12BFO4/c1-3-15-9-7(11)4-6(10(12)13)5-8(9)14-2/h4-5,12-13H,3H2,1-2H3. The molecule has 0 unspecified atom stereocenters. The molecule has 0 saturated carbocycles. The van der Waals surface area contributed by atoms with Gasteiger partial charge in [0.1, 0.15) is 0 Å². The highest BCUT2D eigenvalue weighted by Gasteiger charge is 2.18. The molecule has 0 amide bonds. The predicted molar refractivity (Wildman–Crippen MR) is 53.9 cm³/mol. The molecule has 1 rings (SSSR count). The number of benzene rings is 1. The third-order valence-electron chi connectivity index (χ3n) is 1.84. The molecule has 1 aromatic carbocycles. The Morgan fingerprint density at radius 3 is 2.53 bits per heavy atom. The Morgan fingerprint density at radius 1 is 1.40 bits per heavy atom. The molecule has 2 N–H and O–H groups in total. The molecule has 82 valence electrons. The van der Waals surface area contributed by atoms with E-state index >= 15 is 0 Å². The van der Waals surface area contributed by atoms with Gasteiger partial charge in [-0.2, -0.15) is 0 Å². The van der Waals surface area contributed by atoms with Crippen LogP contribution >= 0.6 is 0 Å². The number of ether oxygens (including phenoxy) is 2. The van der Waals surface area contributed by atoms with Crippen LogP contribution in [0.2, 0.25) is 0 Å². The molecule has 4 nitrogen and oxygen atoms in total. The van der Waals surface area contributed by atoms with Gasteiger partial charge in [0.2, 0.25) is 0 Å². The van der Waals surface area contributed by atoms with Crippen LogP contribution in [0, 0.1) is 5.82 Å². The first-order valence-electron chi connectivity index (χ1n) is 4.46. The Kier molecular flexibility index (Phi) is 3.93. The van der Waals surface area contributed by atoms with Crippen molar-refractivity contribution in [3.63, 3.8) is 0 Å². The van der Waals surface area contributed by atoms with Crippen LogP contribution in [0.4, 0.5) is 4.39 Å². The highest BCUT2D eigenvalue weighted by Crippen LogP contribution is 2.28. The summed E-state index contributed by atoms with van der Waals surface area (Å²) in [5.41, 5.74) is 0.0211. The van der Waals surface area contributed by atoms with Crippen molar-refractivity contribution < 1.29 is 23.9 Å². The van der Waals surface area contributed by atoms with Crippen molar-refractivity contribution in [2.45, 2.75) is 6.92 Å².